The number of carbonyl (C=O) groups excluding carboxylic acids is 1. The molecule has 0 saturated heterocycles. The molecular weight excluding hydrogens is 192 g/mol. The van der Waals surface area contributed by atoms with Gasteiger partial charge < -0.3 is 9.72 Å². The second kappa shape index (κ2) is 6.12. The molecule has 0 bridgehead atoms. The van der Waals surface area contributed by atoms with Gasteiger partial charge in [-0.05, 0) is 12.1 Å². The first kappa shape index (κ1) is 12.6. The predicted octanol–water partition coefficient (Wildman–Crippen LogP) is 3.01. The molecule has 82 valence electrons. The van der Waals surface area contributed by atoms with E-state index in [0.29, 0.717) is 0 Å². The molecule has 0 aliphatic carbocycles. The Hall–Kier alpha value is -1.39. The first-order chi connectivity index (χ1) is 6.65. The van der Waals surface area contributed by atoms with E-state index in [-0.39, 0.29) is 12.8 Å². The number of carbonyl (C=O) groups is 1. The van der Waals surface area contributed by atoms with Gasteiger partial charge in [0, 0.05) is 1.43 Å². The first-order valence-electron chi connectivity index (χ1n) is 4.20. The zero-order valence-electron chi connectivity index (χ0n) is 8.30. The maximum absolute atomic E-state index is 12.0. The Bertz CT molecular complexity index is 289. The zero-order valence-corrected chi connectivity index (χ0v) is 8.30. The number of ether oxygens (including phenoxy) is 1. The summed E-state index contributed by atoms with van der Waals surface area (Å²) in [5, 5.41) is 0. The average Bonchev–Trinajstić information content (AvgIpc) is 2.68. The molecular formula is C9H15F2NO2. The number of rotatable bonds is 2. The van der Waals surface area contributed by atoms with Crippen LogP contribution in [-0.4, -0.2) is 18.1 Å². The highest BCUT2D eigenvalue weighted by Gasteiger charge is 2.13. The van der Waals surface area contributed by atoms with E-state index >= 15 is 0 Å². The summed E-state index contributed by atoms with van der Waals surface area (Å²) in [6.07, 6.45) is -2.59. The molecule has 0 aromatic carbocycles. The van der Waals surface area contributed by atoms with Gasteiger partial charge in [-0.2, -0.15) is 0 Å². The van der Waals surface area contributed by atoms with Gasteiger partial charge in [0.25, 0.3) is 6.43 Å². The van der Waals surface area contributed by atoms with Crippen molar-refractivity contribution in [1.82, 2.24) is 4.98 Å². The van der Waals surface area contributed by atoms with Crippen LogP contribution in [0.25, 0.3) is 0 Å². The van der Waals surface area contributed by atoms with Crippen molar-refractivity contribution < 1.29 is 19.7 Å². The number of H-pyrrole nitrogens is 1. The Labute approximate surface area is 82.6 Å². The molecule has 0 aliphatic heterocycles. The van der Waals surface area contributed by atoms with Crippen LogP contribution in [0.15, 0.2) is 12.1 Å². The molecule has 3 nitrogen and oxygen atoms in total. The average molecular weight is 207 g/mol. The standard InChI is InChI=1S/C7H7F2NO2.C2H6.H2/c1-12-7(11)5-3-2-4(10-5)6(8)9;1-2;/h2-3,6,10H,1H3;1-2H3;1H. The Morgan fingerprint density at radius 2 is 2.07 bits per heavy atom. The van der Waals surface area contributed by atoms with Crippen LogP contribution < -0.4 is 0 Å². The lowest BCUT2D eigenvalue weighted by atomic mass is 10.4. The van der Waals surface area contributed by atoms with Gasteiger partial charge in [0.15, 0.2) is 0 Å². The Morgan fingerprint density at radius 1 is 1.50 bits per heavy atom. The minimum Gasteiger partial charge on any atom is -0.464 e. The van der Waals surface area contributed by atoms with Crippen molar-refractivity contribution in [3.05, 3.63) is 23.5 Å². The lowest BCUT2D eigenvalue weighted by Crippen LogP contribution is -2.01. The van der Waals surface area contributed by atoms with Crippen LogP contribution in [0.1, 0.15) is 37.9 Å². The number of aromatic amines is 1. The maximum Gasteiger partial charge on any atom is 0.354 e. The molecule has 1 aromatic heterocycles. The zero-order chi connectivity index (χ0) is 11.1. The summed E-state index contributed by atoms with van der Waals surface area (Å²) in [6, 6.07) is 2.41. The Morgan fingerprint density at radius 3 is 2.43 bits per heavy atom. The molecule has 5 heteroatoms. The van der Waals surface area contributed by atoms with Crippen molar-refractivity contribution >= 4 is 5.97 Å². The highest BCUT2D eigenvalue weighted by Crippen LogP contribution is 2.17. The fourth-order valence-corrected chi connectivity index (χ4v) is 0.768. The van der Waals surface area contributed by atoms with Crippen LogP contribution in [-0.2, 0) is 4.74 Å². The van der Waals surface area contributed by atoms with Crippen molar-refractivity contribution in [3.8, 4) is 0 Å². The Kier molecular flexibility index (Phi) is 5.52. The number of esters is 1. The molecule has 14 heavy (non-hydrogen) atoms. The minimum atomic E-state index is -2.59. The van der Waals surface area contributed by atoms with Crippen molar-refractivity contribution in [2.75, 3.05) is 7.11 Å². The summed E-state index contributed by atoms with van der Waals surface area (Å²) in [4.78, 5) is 13.0. The van der Waals surface area contributed by atoms with Crippen LogP contribution >= 0.6 is 0 Å². The van der Waals surface area contributed by atoms with Crippen LogP contribution in [0, 0.1) is 0 Å². The molecule has 0 radical (unpaired) electrons. The van der Waals surface area contributed by atoms with E-state index < -0.39 is 12.4 Å². The summed E-state index contributed by atoms with van der Waals surface area (Å²) in [5.74, 6) is -0.651. The van der Waals surface area contributed by atoms with E-state index in [4.69, 9.17) is 0 Å². The summed E-state index contributed by atoms with van der Waals surface area (Å²) in [5.41, 5.74) is -0.247. The molecule has 0 unspecified atom stereocenters. The molecule has 1 heterocycles. The number of nitrogens with one attached hydrogen (secondary N) is 1. The van der Waals surface area contributed by atoms with E-state index in [2.05, 4.69) is 9.72 Å². The monoisotopic (exact) mass is 207 g/mol. The van der Waals surface area contributed by atoms with E-state index in [1.807, 2.05) is 13.8 Å². The quantitative estimate of drug-likeness (QED) is 0.757. The van der Waals surface area contributed by atoms with Crippen molar-refractivity contribution in [3.63, 3.8) is 0 Å². The molecule has 0 saturated carbocycles. The summed E-state index contributed by atoms with van der Waals surface area (Å²) < 4.78 is 28.2. The Balaban J connectivity index is 0. The van der Waals surface area contributed by atoms with Crippen molar-refractivity contribution in [2.24, 2.45) is 0 Å². The molecule has 0 amide bonds. The number of hydrogen-bond donors (Lipinski definition) is 1. The lowest BCUT2D eigenvalue weighted by Gasteiger charge is -1.94. The summed E-state index contributed by atoms with van der Waals surface area (Å²) >= 11 is 0. The highest BCUT2D eigenvalue weighted by atomic mass is 19.3. The van der Waals surface area contributed by atoms with Gasteiger partial charge in [0.1, 0.15) is 5.69 Å². The summed E-state index contributed by atoms with van der Waals surface area (Å²) in [7, 11) is 1.19. The van der Waals surface area contributed by atoms with Gasteiger partial charge in [0.2, 0.25) is 0 Å². The summed E-state index contributed by atoms with van der Waals surface area (Å²) in [6.45, 7) is 4.00. The fourth-order valence-electron chi connectivity index (χ4n) is 0.768. The number of halogens is 2. The van der Waals surface area contributed by atoms with Crippen LogP contribution in [0.5, 0.6) is 0 Å². The molecule has 0 atom stereocenters. The number of methoxy groups -OCH3 is 1. The van der Waals surface area contributed by atoms with E-state index in [1.165, 1.54) is 13.2 Å². The van der Waals surface area contributed by atoms with Gasteiger partial charge >= 0.3 is 5.97 Å². The number of aromatic nitrogens is 1. The van der Waals surface area contributed by atoms with E-state index in [9.17, 15) is 13.6 Å². The number of hydrogen-bond acceptors (Lipinski definition) is 2. The second-order valence-corrected chi connectivity index (χ2v) is 2.12. The minimum absolute atomic E-state index is 0. The third-order valence-electron chi connectivity index (χ3n) is 1.35. The van der Waals surface area contributed by atoms with Gasteiger partial charge in [-0.3, -0.25) is 0 Å². The maximum atomic E-state index is 12.0. The largest absolute Gasteiger partial charge is 0.464 e. The fraction of sp³-hybridized carbons (Fsp3) is 0.444. The van der Waals surface area contributed by atoms with Crippen molar-refractivity contribution in [2.45, 2.75) is 20.3 Å². The SMILES string of the molecule is CC.COC(=O)c1ccc(C(F)F)[nH]1.[HH]. The first-order valence-corrected chi connectivity index (χ1v) is 4.20. The van der Waals surface area contributed by atoms with E-state index in [0.717, 1.165) is 6.07 Å². The molecule has 0 fully saturated rings. The van der Waals surface area contributed by atoms with E-state index in [1.54, 1.807) is 0 Å². The topological polar surface area (TPSA) is 42.1 Å². The molecule has 0 spiro atoms. The lowest BCUT2D eigenvalue weighted by molar-refractivity contribution is 0.0594. The smallest absolute Gasteiger partial charge is 0.354 e. The van der Waals surface area contributed by atoms with Crippen LogP contribution in [0.3, 0.4) is 0 Å². The van der Waals surface area contributed by atoms with Crippen LogP contribution in [0.4, 0.5) is 8.78 Å². The van der Waals surface area contributed by atoms with Gasteiger partial charge in [-0.1, -0.05) is 13.8 Å². The molecule has 1 rings (SSSR count). The van der Waals surface area contributed by atoms with Gasteiger partial charge in [-0.15, -0.1) is 0 Å². The predicted molar refractivity (Wildman–Crippen MR) is 50.6 cm³/mol. The van der Waals surface area contributed by atoms with Gasteiger partial charge in [-0.25, -0.2) is 13.6 Å². The molecule has 1 N–H and O–H groups in total. The van der Waals surface area contributed by atoms with Gasteiger partial charge in [0.05, 0.1) is 12.8 Å². The molecule has 1 aromatic rings. The van der Waals surface area contributed by atoms with Crippen molar-refractivity contribution in [1.29, 1.82) is 0 Å². The number of alkyl halides is 2. The molecule has 0 aliphatic rings. The third-order valence-corrected chi connectivity index (χ3v) is 1.35. The third kappa shape index (κ3) is 3.16. The second-order valence-electron chi connectivity index (χ2n) is 2.12. The normalized spacial score (nSPS) is 9.29. The van der Waals surface area contributed by atoms with Crippen LogP contribution in [0.2, 0.25) is 0 Å². The highest BCUT2D eigenvalue weighted by molar-refractivity contribution is 5.87.